The van der Waals surface area contributed by atoms with Gasteiger partial charge in [-0.05, 0) is 18.2 Å². The Morgan fingerprint density at radius 2 is 2.14 bits per heavy atom. The van der Waals surface area contributed by atoms with E-state index in [0.29, 0.717) is 17.9 Å². The van der Waals surface area contributed by atoms with Crippen molar-refractivity contribution in [3.05, 3.63) is 41.2 Å². The highest BCUT2D eigenvalue weighted by atomic mass is 16.5. The molecule has 1 unspecified atom stereocenters. The molecule has 1 aromatic carbocycles. The minimum atomic E-state index is -0.997. The molecule has 3 rings (SSSR count). The van der Waals surface area contributed by atoms with Gasteiger partial charge in [0.15, 0.2) is 0 Å². The lowest BCUT2D eigenvalue weighted by atomic mass is 10.0. The molecule has 0 saturated carbocycles. The van der Waals surface area contributed by atoms with Gasteiger partial charge in [0.1, 0.15) is 29.0 Å². The minimum absolute atomic E-state index is 0.135. The smallest absolute Gasteiger partial charge is 0.352 e. The number of carboxylic acid groups (broad SMARTS) is 1. The SMILES string of the molecule is COc1ccc(OC)c(C2Cc3[nH]c(C(=O)O)cc3O2)c1. The van der Waals surface area contributed by atoms with Crippen LogP contribution in [0.25, 0.3) is 0 Å². The number of ether oxygens (including phenoxy) is 3. The van der Waals surface area contributed by atoms with Gasteiger partial charge in [0.05, 0.1) is 19.9 Å². The van der Waals surface area contributed by atoms with Crippen LogP contribution in [-0.2, 0) is 6.42 Å². The molecule has 1 aromatic heterocycles. The van der Waals surface area contributed by atoms with Gasteiger partial charge in [-0.2, -0.15) is 0 Å². The summed E-state index contributed by atoms with van der Waals surface area (Å²) in [5.41, 5.74) is 1.79. The lowest BCUT2D eigenvalue weighted by molar-refractivity contribution is 0.0690. The van der Waals surface area contributed by atoms with E-state index in [-0.39, 0.29) is 11.8 Å². The molecule has 0 aliphatic carbocycles. The standard InChI is InChI=1S/C15H15NO5/c1-19-8-3-4-12(20-2)9(5-8)13-6-10-14(21-13)7-11(16-10)15(17)18/h3-5,7,13,16H,6H2,1-2H3,(H,17,18). The van der Waals surface area contributed by atoms with Crippen LogP contribution in [0.1, 0.15) is 27.8 Å². The molecular weight excluding hydrogens is 274 g/mol. The number of aromatic amines is 1. The highest BCUT2D eigenvalue weighted by Crippen LogP contribution is 2.41. The van der Waals surface area contributed by atoms with Crippen molar-refractivity contribution >= 4 is 5.97 Å². The van der Waals surface area contributed by atoms with Gasteiger partial charge in [0.25, 0.3) is 0 Å². The van der Waals surface area contributed by atoms with Crippen molar-refractivity contribution in [2.75, 3.05) is 14.2 Å². The topological polar surface area (TPSA) is 80.8 Å². The van der Waals surface area contributed by atoms with Crippen molar-refractivity contribution in [2.24, 2.45) is 0 Å². The normalized spacial score (nSPS) is 16.2. The van der Waals surface area contributed by atoms with Gasteiger partial charge in [-0.3, -0.25) is 0 Å². The van der Waals surface area contributed by atoms with Crippen LogP contribution in [0.15, 0.2) is 24.3 Å². The number of nitrogens with one attached hydrogen (secondary N) is 1. The molecule has 6 nitrogen and oxygen atoms in total. The summed E-state index contributed by atoms with van der Waals surface area (Å²) in [6.07, 6.45) is 0.339. The number of aromatic carboxylic acids is 1. The first-order valence-corrected chi connectivity index (χ1v) is 6.46. The van der Waals surface area contributed by atoms with Crippen molar-refractivity contribution in [2.45, 2.75) is 12.5 Å². The van der Waals surface area contributed by atoms with Gasteiger partial charge < -0.3 is 24.3 Å². The average Bonchev–Trinajstić information content (AvgIpc) is 3.05. The number of methoxy groups -OCH3 is 2. The second-order valence-electron chi connectivity index (χ2n) is 4.75. The molecule has 2 aromatic rings. The molecule has 1 aliphatic heterocycles. The summed E-state index contributed by atoms with van der Waals surface area (Å²) >= 11 is 0. The number of H-pyrrole nitrogens is 1. The van der Waals surface area contributed by atoms with Gasteiger partial charge in [-0.25, -0.2) is 4.79 Å². The Hall–Kier alpha value is -2.63. The average molecular weight is 289 g/mol. The largest absolute Gasteiger partial charge is 0.497 e. The number of hydrogen-bond donors (Lipinski definition) is 2. The van der Waals surface area contributed by atoms with E-state index < -0.39 is 5.97 Å². The molecule has 6 heteroatoms. The van der Waals surface area contributed by atoms with Gasteiger partial charge >= 0.3 is 5.97 Å². The summed E-state index contributed by atoms with van der Waals surface area (Å²) in [5.74, 6) is 1.01. The lowest BCUT2D eigenvalue weighted by Gasteiger charge is -2.16. The third kappa shape index (κ3) is 2.29. The van der Waals surface area contributed by atoms with Crippen molar-refractivity contribution < 1.29 is 24.1 Å². The van der Waals surface area contributed by atoms with Crippen LogP contribution < -0.4 is 14.2 Å². The molecule has 1 aliphatic rings. The van der Waals surface area contributed by atoms with E-state index in [2.05, 4.69) is 4.98 Å². The van der Waals surface area contributed by atoms with Gasteiger partial charge in [-0.1, -0.05) is 0 Å². The summed E-state index contributed by atoms with van der Waals surface area (Å²) in [6.45, 7) is 0. The maximum Gasteiger partial charge on any atom is 0.352 e. The Morgan fingerprint density at radius 1 is 1.33 bits per heavy atom. The van der Waals surface area contributed by atoms with E-state index in [1.54, 1.807) is 14.2 Å². The Balaban J connectivity index is 1.90. The number of hydrogen-bond acceptors (Lipinski definition) is 4. The summed E-state index contributed by atoms with van der Waals surface area (Å²) in [4.78, 5) is 13.8. The quantitative estimate of drug-likeness (QED) is 0.903. The molecule has 0 fully saturated rings. The van der Waals surface area contributed by atoms with E-state index in [4.69, 9.17) is 19.3 Å². The van der Waals surface area contributed by atoms with Gasteiger partial charge in [0.2, 0.25) is 0 Å². The van der Waals surface area contributed by atoms with E-state index in [1.165, 1.54) is 6.07 Å². The van der Waals surface area contributed by atoms with Crippen molar-refractivity contribution in [3.8, 4) is 17.2 Å². The number of benzene rings is 1. The highest BCUT2D eigenvalue weighted by molar-refractivity contribution is 5.86. The maximum absolute atomic E-state index is 10.9. The van der Waals surface area contributed by atoms with E-state index in [1.807, 2.05) is 18.2 Å². The van der Waals surface area contributed by atoms with Crippen LogP contribution in [0.2, 0.25) is 0 Å². The lowest BCUT2D eigenvalue weighted by Crippen LogP contribution is -2.07. The first-order chi connectivity index (χ1) is 10.1. The molecule has 0 radical (unpaired) electrons. The minimum Gasteiger partial charge on any atom is -0.497 e. The first kappa shape index (κ1) is 13.4. The fourth-order valence-corrected chi connectivity index (χ4v) is 2.50. The molecular formula is C15H15NO5. The Labute approximate surface area is 121 Å². The molecule has 0 amide bonds. The molecule has 21 heavy (non-hydrogen) atoms. The monoisotopic (exact) mass is 289 g/mol. The third-order valence-electron chi connectivity index (χ3n) is 3.53. The molecule has 0 saturated heterocycles. The van der Waals surface area contributed by atoms with E-state index in [0.717, 1.165) is 17.0 Å². The van der Waals surface area contributed by atoms with Gasteiger partial charge in [0, 0.05) is 18.1 Å². The van der Waals surface area contributed by atoms with Crippen LogP contribution >= 0.6 is 0 Å². The summed E-state index contributed by atoms with van der Waals surface area (Å²) < 4.78 is 16.4. The zero-order chi connectivity index (χ0) is 15.0. The number of rotatable bonds is 4. The van der Waals surface area contributed by atoms with E-state index in [9.17, 15) is 4.79 Å². The number of carbonyl (C=O) groups is 1. The van der Waals surface area contributed by atoms with Crippen LogP contribution in [0, 0.1) is 0 Å². The molecule has 0 spiro atoms. The number of fused-ring (bicyclic) bond motifs is 1. The first-order valence-electron chi connectivity index (χ1n) is 6.46. The van der Waals surface area contributed by atoms with Crippen LogP contribution in [-0.4, -0.2) is 30.3 Å². The van der Waals surface area contributed by atoms with Crippen molar-refractivity contribution in [3.63, 3.8) is 0 Å². The second kappa shape index (κ2) is 5.05. The molecule has 0 bridgehead atoms. The van der Waals surface area contributed by atoms with Crippen LogP contribution in [0.4, 0.5) is 0 Å². The second-order valence-corrected chi connectivity index (χ2v) is 4.75. The van der Waals surface area contributed by atoms with Crippen molar-refractivity contribution in [1.29, 1.82) is 0 Å². The Bertz CT molecular complexity index is 668. The van der Waals surface area contributed by atoms with Crippen LogP contribution in [0.5, 0.6) is 17.2 Å². The van der Waals surface area contributed by atoms with Crippen LogP contribution in [0.3, 0.4) is 0 Å². The Kier molecular flexibility index (Phi) is 3.21. The zero-order valence-electron chi connectivity index (χ0n) is 11.7. The summed E-state index contributed by atoms with van der Waals surface area (Å²) in [6, 6.07) is 7.02. The number of carboxylic acids is 1. The number of aromatic nitrogens is 1. The zero-order valence-corrected chi connectivity index (χ0v) is 11.7. The fourth-order valence-electron chi connectivity index (χ4n) is 2.50. The summed E-state index contributed by atoms with van der Waals surface area (Å²) in [5, 5.41) is 8.95. The molecule has 2 N–H and O–H groups in total. The predicted molar refractivity (Wildman–Crippen MR) is 74.4 cm³/mol. The predicted octanol–water partition coefficient (Wildman–Crippen LogP) is 2.41. The Morgan fingerprint density at radius 3 is 2.76 bits per heavy atom. The molecule has 2 heterocycles. The molecule has 1 atom stereocenters. The van der Waals surface area contributed by atoms with E-state index >= 15 is 0 Å². The maximum atomic E-state index is 10.9. The van der Waals surface area contributed by atoms with Crippen molar-refractivity contribution in [1.82, 2.24) is 4.98 Å². The van der Waals surface area contributed by atoms with Gasteiger partial charge in [-0.15, -0.1) is 0 Å². The highest BCUT2D eigenvalue weighted by Gasteiger charge is 2.30. The fraction of sp³-hybridized carbons (Fsp3) is 0.267. The third-order valence-corrected chi connectivity index (χ3v) is 3.53. The molecule has 110 valence electrons. The summed E-state index contributed by atoms with van der Waals surface area (Å²) in [7, 11) is 3.20.